The zero-order chi connectivity index (χ0) is 14.2. The summed E-state index contributed by atoms with van der Waals surface area (Å²) in [4.78, 5) is 2.02. The summed E-state index contributed by atoms with van der Waals surface area (Å²) in [6.45, 7) is 3.17. The van der Waals surface area contributed by atoms with Crippen molar-refractivity contribution in [2.45, 2.75) is 18.9 Å². The third kappa shape index (κ3) is 2.63. The predicted molar refractivity (Wildman–Crippen MR) is 74.9 cm³/mol. The molecule has 2 heterocycles. The van der Waals surface area contributed by atoms with Crippen molar-refractivity contribution >= 4 is 5.82 Å². The lowest BCUT2D eigenvalue weighted by molar-refractivity contribution is 0.0839. The smallest absolute Gasteiger partial charge is 0.151 e. The van der Waals surface area contributed by atoms with E-state index in [4.69, 9.17) is 0 Å². The average Bonchev–Trinajstić information content (AvgIpc) is 2.80. The van der Waals surface area contributed by atoms with Crippen LogP contribution in [0.1, 0.15) is 13.3 Å². The van der Waals surface area contributed by atoms with E-state index in [1.807, 2.05) is 24.0 Å². The second-order valence-corrected chi connectivity index (χ2v) is 5.45. The Morgan fingerprint density at radius 1 is 1.15 bits per heavy atom. The van der Waals surface area contributed by atoms with Gasteiger partial charge in [0.1, 0.15) is 5.82 Å². The normalized spacial score (nSPS) is 22.2. The van der Waals surface area contributed by atoms with Gasteiger partial charge in [0.2, 0.25) is 0 Å². The number of aromatic nitrogens is 2. The van der Waals surface area contributed by atoms with Crippen LogP contribution >= 0.6 is 0 Å². The Labute approximate surface area is 116 Å². The molecule has 4 nitrogen and oxygen atoms in total. The van der Waals surface area contributed by atoms with E-state index in [2.05, 4.69) is 10.2 Å². The fourth-order valence-electron chi connectivity index (χ4n) is 2.41. The lowest BCUT2D eigenvalue weighted by Gasteiger charge is -2.19. The molecule has 3 rings (SSSR count). The Bertz CT molecular complexity index is 596. The third-order valence-electron chi connectivity index (χ3n) is 3.57. The van der Waals surface area contributed by atoms with Crippen LogP contribution in [0.4, 0.5) is 10.2 Å². The first-order valence-electron chi connectivity index (χ1n) is 6.61. The zero-order valence-electron chi connectivity index (χ0n) is 11.3. The van der Waals surface area contributed by atoms with Crippen molar-refractivity contribution < 1.29 is 9.50 Å². The van der Waals surface area contributed by atoms with Crippen molar-refractivity contribution in [3.05, 3.63) is 42.2 Å². The fraction of sp³-hybridized carbons (Fsp3) is 0.333. The molecule has 1 aromatic heterocycles. The molecule has 0 aliphatic carbocycles. The molecule has 1 aromatic carbocycles. The second kappa shape index (κ2) is 4.83. The molecule has 1 aliphatic heterocycles. The minimum Gasteiger partial charge on any atom is -0.388 e. The van der Waals surface area contributed by atoms with Crippen LogP contribution in [0.3, 0.4) is 0 Å². The lowest BCUT2D eigenvalue weighted by Crippen LogP contribution is -2.30. The summed E-state index contributed by atoms with van der Waals surface area (Å²) in [5, 5.41) is 18.3. The minimum atomic E-state index is -0.655. The molecule has 1 unspecified atom stereocenters. The molecule has 1 saturated heterocycles. The Hall–Kier alpha value is -2.01. The standard InChI is InChI=1S/C15H16FN3O/c1-15(20)8-9-19(10-15)14-7-6-13(17-18-14)11-2-4-12(16)5-3-11/h2-7,20H,8-10H2,1H3. The maximum atomic E-state index is 12.9. The van der Waals surface area contributed by atoms with Crippen LogP contribution in [0, 0.1) is 5.82 Å². The van der Waals surface area contributed by atoms with Gasteiger partial charge >= 0.3 is 0 Å². The molecular weight excluding hydrogens is 257 g/mol. The predicted octanol–water partition coefficient (Wildman–Crippen LogP) is 2.24. The number of β-amino-alcohol motifs (C(OH)–C–C–N with tert-alkyl or cyclic N) is 1. The number of aliphatic hydroxyl groups is 1. The number of nitrogens with zero attached hydrogens (tertiary/aromatic N) is 3. The highest BCUT2D eigenvalue weighted by Gasteiger charge is 2.32. The number of hydrogen-bond donors (Lipinski definition) is 1. The van der Waals surface area contributed by atoms with Gasteiger partial charge in [-0.1, -0.05) is 0 Å². The summed E-state index contributed by atoms with van der Waals surface area (Å²) >= 11 is 0. The maximum Gasteiger partial charge on any atom is 0.151 e. The Morgan fingerprint density at radius 2 is 1.90 bits per heavy atom. The summed E-state index contributed by atoms with van der Waals surface area (Å²) < 4.78 is 12.9. The molecule has 0 amide bonds. The molecule has 0 saturated carbocycles. The monoisotopic (exact) mass is 273 g/mol. The van der Waals surface area contributed by atoms with Gasteiger partial charge in [0.05, 0.1) is 11.3 Å². The van der Waals surface area contributed by atoms with Crippen LogP contribution in [0.25, 0.3) is 11.3 Å². The molecular formula is C15H16FN3O. The van der Waals surface area contributed by atoms with Gasteiger partial charge in [0, 0.05) is 18.7 Å². The summed E-state index contributed by atoms with van der Waals surface area (Å²) in [6, 6.07) is 9.92. The van der Waals surface area contributed by atoms with Crippen molar-refractivity contribution in [3.8, 4) is 11.3 Å². The van der Waals surface area contributed by atoms with Gasteiger partial charge in [0.15, 0.2) is 5.82 Å². The molecule has 0 radical (unpaired) electrons. The molecule has 1 fully saturated rings. The van der Waals surface area contributed by atoms with Crippen molar-refractivity contribution in [2.75, 3.05) is 18.0 Å². The molecule has 5 heteroatoms. The fourth-order valence-corrected chi connectivity index (χ4v) is 2.41. The largest absolute Gasteiger partial charge is 0.388 e. The van der Waals surface area contributed by atoms with Crippen LogP contribution < -0.4 is 4.90 Å². The van der Waals surface area contributed by atoms with E-state index >= 15 is 0 Å². The van der Waals surface area contributed by atoms with E-state index in [9.17, 15) is 9.50 Å². The van der Waals surface area contributed by atoms with Gasteiger partial charge in [-0.25, -0.2) is 4.39 Å². The van der Waals surface area contributed by atoms with E-state index in [1.165, 1.54) is 12.1 Å². The lowest BCUT2D eigenvalue weighted by atomic mass is 10.1. The van der Waals surface area contributed by atoms with E-state index in [1.54, 1.807) is 12.1 Å². The first-order chi connectivity index (χ1) is 9.53. The summed E-state index contributed by atoms with van der Waals surface area (Å²) in [7, 11) is 0. The topological polar surface area (TPSA) is 49.2 Å². The van der Waals surface area contributed by atoms with Crippen LogP contribution in [-0.2, 0) is 0 Å². The second-order valence-electron chi connectivity index (χ2n) is 5.45. The number of anilines is 1. The summed E-state index contributed by atoms with van der Waals surface area (Å²) in [6.07, 6.45) is 0.731. The molecule has 2 aromatic rings. The number of hydrogen-bond acceptors (Lipinski definition) is 4. The van der Waals surface area contributed by atoms with E-state index in [0.29, 0.717) is 12.2 Å². The average molecular weight is 273 g/mol. The van der Waals surface area contributed by atoms with Crippen LogP contribution in [0.15, 0.2) is 36.4 Å². The van der Waals surface area contributed by atoms with E-state index in [0.717, 1.165) is 24.3 Å². The highest BCUT2D eigenvalue weighted by molar-refractivity contribution is 5.59. The third-order valence-corrected chi connectivity index (χ3v) is 3.57. The van der Waals surface area contributed by atoms with Crippen LogP contribution in [-0.4, -0.2) is 34.0 Å². The van der Waals surface area contributed by atoms with Gasteiger partial charge in [-0.2, -0.15) is 0 Å². The minimum absolute atomic E-state index is 0.266. The zero-order valence-corrected chi connectivity index (χ0v) is 11.3. The Kier molecular flexibility index (Phi) is 3.14. The van der Waals surface area contributed by atoms with E-state index < -0.39 is 5.60 Å². The number of halogens is 1. The highest BCUT2D eigenvalue weighted by Crippen LogP contribution is 2.25. The molecule has 0 bridgehead atoms. The molecule has 104 valence electrons. The molecule has 1 N–H and O–H groups in total. The first kappa shape index (κ1) is 13.0. The quantitative estimate of drug-likeness (QED) is 0.911. The maximum absolute atomic E-state index is 12.9. The summed E-state index contributed by atoms with van der Waals surface area (Å²) in [5.74, 6) is 0.492. The summed E-state index contributed by atoms with van der Waals surface area (Å²) in [5.41, 5.74) is 0.885. The van der Waals surface area contributed by atoms with Gasteiger partial charge in [0.25, 0.3) is 0 Å². The number of rotatable bonds is 2. The molecule has 1 aliphatic rings. The Morgan fingerprint density at radius 3 is 2.45 bits per heavy atom. The van der Waals surface area contributed by atoms with Gasteiger partial charge in [-0.3, -0.25) is 0 Å². The van der Waals surface area contributed by atoms with Crippen molar-refractivity contribution in [3.63, 3.8) is 0 Å². The Balaban J connectivity index is 1.80. The van der Waals surface area contributed by atoms with Crippen molar-refractivity contribution in [1.29, 1.82) is 0 Å². The van der Waals surface area contributed by atoms with Gasteiger partial charge in [-0.15, -0.1) is 10.2 Å². The SMILES string of the molecule is CC1(O)CCN(c2ccc(-c3ccc(F)cc3)nn2)C1. The number of benzene rings is 1. The van der Waals surface area contributed by atoms with E-state index in [-0.39, 0.29) is 5.82 Å². The molecule has 0 spiro atoms. The van der Waals surface area contributed by atoms with Crippen LogP contribution in [0.2, 0.25) is 0 Å². The van der Waals surface area contributed by atoms with Crippen molar-refractivity contribution in [1.82, 2.24) is 10.2 Å². The van der Waals surface area contributed by atoms with Gasteiger partial charge in [-0.05, 0) is 49.7 Å². The van der Waals surface area contributed by atoms with Crippen molar-refractivity contribution in [2.24, 2.45) is 0 Å². The first-order valence-corrected chi connectivity index (χ1v) is 6.61. The van der Waals surface area contributed by atoms with Gasteiger partial charge < -0.3 is 10.0 Å². The molecule has 20 heavy (non-hydrogen) atoms. The molecule has 1 atom stereocenters. The highest BCUT2D eigenvalue weighted by atomic mass is 19.1. The van der Waals surface area contributed by atoms with Crippen LogP contribution in [0.5, 0.6) is 0 Å².